The van der Waals surface area contributed by atoms with Gasteiger partial charge in [-0.25, -0.2) is 0 Å². The van der Waals surface area contributed by atoms with E-state index in [1.165, 1.54) is 0 Å². The minimum atomic E-state index is -0.0705. The van der Waals surface area contributed by atoms with Crippen LogP contribution in [0.15, 0.2) is 42.5 Å². The van der Waals surface area contributed by atoms with E-state index in [9.17, 15) is 4.79 Å². The van der Waals surface area contributed by atoms with Gasteiger partial charge in [0.15, 0.2) is 0 Å². The lowest BCUT2D eigenvalue weighted by atomic mass is 10.1. The molecule has 0 bridgehead atoms. The molecule has 3 N–H and O–H groups in total. The van der Waals surface area contributed by atoms with Gasteiger partial charge in [0.2, 0.25) is 5.91 Å². The Morgan fingerprint density at radius 3 is 2.45 bits per heavy atom. The number of nitrogens with two attached hydrogens (primary N) is 1. The largest absolute Gasteiger partial charge is 0.497 e. The summed E-state index contributed by atoms with van der Waals surface area (Å²) in [6.45, 7) is 0. The summed E-state index contributed by atoms with van der Waals surface area (Å²) >= 11 is 0. The fourth-order valence-corrected chi connectivity index (χ4v) is 2.07. The molecular weight excluding hydrogens is 280 g/mol. The highest BCUT2D eigenvalue weighted by Crippen LogP contribution is 2.26. The Kier molecular flexibility index (Phi) is 5.25. The molecule has 0 aliphatic carbocycles. The van der Waals surface area contributed by atoms with Crippen molar-refractivity contribution in [3.05, 3.63) is 48.0 Å². The maximum atomic E-state index is 12.0. The molecule has 5 nitrogen and oxygen atoms in total. The molecule has 0 radical (unpaired) electrons. The molecule has 0 aliphatic heterocycles. The Labute approximate surface area is 130 Å². The molecule has 5 heteroatoms. The van der Waals surface area contributed by atoms with Crippen LogP contribution < -0.4 is 20.5 Å². The molecule has 0 spiro atoms. The van der Waals surface area contributed by atoms with Crippen molar-refractivity contribution in [2.45, 2.75) is 12.8 Å². The highest BCUT2D eigenvalue weighted by molar-refractivity contribution is 5.92. The lowest BCUT2D eigenvalue weighted by Crippen LogP contribution is -2.13. The normalized spacial score (nSPS) is 10.1. The lowest BCUT2D eigenvalue weighted by Gasteiger charge is -2.11. The second kappa shape index (κ2) is 7.36. The summed E-state index contributed by atoms with van der Waals surface area (Å²) in [4.78, 5) is 12.0. The van der Waals surface area contributed by atoms with E-state index >= 15 is 0 Å². The molecule has 0 aliphatic rings. The van der Waals surface area contributed by atoms with Gasteiger partial charge < -0.3 is 20.5 Å². The van der Waals surface area contributed by atoms with Crippen molar-refractivity contribution in [2.24, 2.45) is 0 Å². The van der Waals surface area contributed by atoms with E-state index in [1.54, 1.807) is 32.4 Å². The molecule has 0 unspecified atom stereocenters. The first-order chi connectivity index (χ1) is 10.6. The summed E-state index contributed by atoms with van der Waals surface area (Å²) in [6, 6.07) is 12.8. The van der Waals surface area contributed by atoms with Crippen molar-refractivity contribution in [2.75, 3.05) is 25.3 Å². The Bertz CT molecular complexity index is 639. The number of hydrogen-bond donors (Lipinski definition) is 2. The van der Waals surface area contributed by atoms with E-state index in [0.717, 1.165) is 11.3 Å². The molecule has 116 valence electrons. The summed E-state index contributed by atoms with van der Waals surface area (Å²) < 4.78 is 10.3. The number of hydrogen-bond acceptors (Lipinski definition) is 4. The molecular formula is C17H20N2O3. The van der Waals surface area contributed by atoms with Crippen LogP contribution in [0, 0.1) is 0 Å². The average molecular weight is 300 g/mol. The molecule has 2 aromatic rings. The van der Waals surface area contributed by atoms with Crippen LogP contribution in [0.5, 0.6) is 11.5 Å². The zero-order valence-corrected chi connectivity index (χ0v) is 12.8. The van der Waals surface area contributed by atoms with Gasteiger partial charge in [0.05, 0.1) is 19.9 Å². The monoisotopic (exact) mass is 300 g/mol. The SMILES string of the molecule is COc1ccc(CCC(=O)Nc2ccc(N)cc2OC)cc1. The van der Waals surface area contributed by atoms with Gasteiger partial charge in [-0.05, 0) is 36.2 Å². The summed E-state index contributed by atoms with van der Waals surface area (Å²) in [5.74, 6) is 1.29. The summed E-state index contributed by atoms with van der Waals surface area (Å²) in [5, 5.41) is 2.84. The Balaban J connectivity index is 1.92. The van der Waals surface area contributed by atoms with Crippen LogP contribution in [-0.4, -0.2) is 20.1 Å². The van der Waals surface area contributed by atoms with Crippen molar-refractivity contribution in [1.29, 1.82) is 0 Å². The van der Waals surface area contributed by atoms with E-state index in [-0.39, 0.29) is 5.91 Å². The van der Waals surface area contributed by atoms with Gasteiger partial charge in [-0.1, -0.05) is 12.1 Å². The van der Waals surface area contributed by atoms with Gasteiger partial charge in [-0.15, -0.1) is 0 Å². The number of carbonyl (C=O) groups is 1. The van der Waals surface area contributed by atoms with Crippen LogP contribution in [0.25, 0.3) is 0 Å². The number of nitrogen functional groups attached to an aromatic ring is 1. The van der Waals surface area contributed by atoms with Crippen molar-refractivity contribution < 1.29 is 14.3 Å². The number of rotatable bonds is 6. The zero-order valence-electron chi connectivity index (χ0n) is 12.8. The van der Waals surface area contributed by atoms with Crippen molar-refractivity contribution in [1.82, 2.24) is 0 Å². The van der Waals surface area contributed by atoms with Crippen LogP contribution in [0.3, 0.4) is 0 Å². The third-order valence-corrected chi connectivity index (χ3v) is 3.30. The number of carbonyl (C=O) groups excluding carboxylic acids is 1. The standard InChI is InChI=1S/C17H20N2O3/c1-21-14-7-3-12(4-8-14)5-10-17(20)19-15-9-6-13(18)11-16(15)22-2/h3-4,6-9,11H,5,10,18H2,1-2H3,(H,19,20). The van der Waals surface area contributed by atoms with Crippen molar-refractivity contribution in [3.63, 3.8) is 0 Å². The number of amides is 1. The molecule has 0 heterocycles. The Hall–Kier alpha value is -2.69. The first-order valence-electron chi connectivity index (χ1n) is 6.98. The smallest absolute Gasteiger partial charge is 0.224 e. The quantitative estimate of drug-likeness (QED) is 0.805. The Morgan fingerprint density at radius 2 is 1.82 bits per heavy atom. The number of aryl methyl sites for hydroxylation is 1. The van der Waals surface area contributed by atoms with Gasteiger partial charge >= 0.3 is 0 Å². The van der Waals surface area contributed by atoms with E-state index < -0.39 is 0 Å². The molecule has 0 saturated heterocycles. The molecule has 2 rings (SSSR count). The van der Waals surface area contributed by atoms with Crippen LogP contribution >= 0.6 is 0 Å². The van der Waals surface area contributed by atoms with Crippen LogP contribution in [0.2, 0.25) is 0 Å². The highest BCUT2D eigenvalue weighted by Gasteiger charge is 2.08. The van der Waals surface area contributed by atoms with Crippen LogP contribution in [0.4, 0.5) is 11.4 Å². The van der Waals surface area contributed by atoms with Crippen LogP contribution in [-0.2, 0) is 11.2 Å². The molecule has 1 amide bonds. The summed E-state index contributed by atoms with van der Waals surface area (Å²) in [5.41, 5.74) is 7.99. The minimum Gasteiger partial charge on any atom is -0.497 e. The first kappa shape index (κ1) is 15.7. The van der Waals surface area contributed by atoms with Gasteiger partial charge in [-0.3, -0.25) is 4.79 Å². The lowest BCUT2D eigenvalue weighted by molar-refractivity contribution is -0.116. The fourth-order valence-electron chi connectivity index (χ4n) is 2.07. The average Bonchev–Trinajstić information content (AvgIpc) is 2.55. The fraction of sp³-hybridized carbons (Fsp3) is 0.235. The van der Waals surface area contributed by atoms with Gasteiger partial charge in [0.25, 0.3) is 0 Å². The molecule has 0 fully saturated rings. The summed E-state index contributed by atoms with van der Waals surface area (Å²) in [6.07, 6.45) is 1.05. The van der Waals surface area contributed by atoms with Crippen molar-refractivity contribution >= 4 is 17.3 Å². The highest BCUT2D eigenvalue weighted by atomic mass is 16.5. The number of ether oxygens (including phenoxy) is 2. The molecule has 0 aromatic heterocycles. The topological polar surface area (TPSA) is 73.6 Å². The minimum absolute atomic E-state index is 0.0705. The van der Waals surface area contributed by atoms with E-state index in [1.807, 2.05) is 24.3 Å². The molecule has 0 saturated carbocycles. The maximum Gasteiger partial charge on any atom is 0.224 e. The first-order valence-corrected chi connectivity index (χ1v) is 6.98. The predicted molar refractivity (Wildman–Crippen MR) is 87.4 cm³/mol. The third-order valence-electron chi connectivity index (χ3n) is 3.30. The van der Waals surface area contributed by atoms with E-state index in [0.29, 0.717) is 30.0 Å². The number of nitrogens with one attached hydrogen (secondary N) is 1. The zero-order chi connectivity index (χ0) is 15.9. The van der Waals surface area contributed by atoms with E-state index in [4.69, 9.17) is 15.2 Å². The summed E-state index contributed by atoms with van der Waals surface area (Å²) in [7, 11) is 3.17. The molecule has 2 aromatic carbocycles. The number of methoxy groups -OCH3 is 2. The van der Waals surface area contributed by atoms with Gasteiger partial charge in [0, 0.05) is 18.2 Å². The second-order valence-electron chi connectivity index (χ2n) is 4.86. The maximum absolute atomic E-state index is 12.0. The number of benzene rings is 2. The predicted octanol–water partition coefficient (Wildman–Crippen LogP) is 2.86. The Morgan fingerprint density at radius 1 is 1.09 bits per heavy atom. The molecule has 22 heavy (non-hydrogen) atoms. The number of anilines is 2. The van der Waals surface area contributed by atoms with Gasteiger partial charge in [0.1, 0.15) is 11.5 Å². The van der Waals surface area contributed by atoms with E-state index in [2.05, 4.69) is 5.32 Å². The van der Waals surface area contributed by atoms with Crippen molar-refractivity contribution in [3.8, 4) is 11.5 Å². The third kappa shape index (κ3) is 4.15. The van der Waals surface area contributed by atoms with Gasteiger partial charge in [-0.2, -0.15) is 0 Å². The van der Waals surface area contributed by atoms with Crippen LogP contribution in [0.1, 0.15) is 12.0 Å². The molecule has 0 atom stereocenters. The second-order valence-corrected chi connectivity index (χ2v) is 4.86.